The third kappa shape index (κ3) is 22.4. The van der Waals surface area contributed by atoms with Gasteiger partial charge in [-0.15, -0.1) is 0 Å². The predicted molar refractivity (Wildman–Crippen MR) is 116 cm³/mol. The van der Waals surface area contributed by atoms with Gasteiger partial charge in [0, 0.05) is 5.75 Å². The monoisotopic (exact) mass is 355 g/mol. The van der Waals surface area contributed by atoms with E-state index in [-0.39, 0.29) is 0 Å². The lowest BCUT2D eigenvalue weighted by atomic mass is 10.0. The fourth-order valence-electron chi connectivity index (χ4n) is 3.20. The van der Waals surface area contributed by atoms with E-state index in [0.29, 0.717) is 0 Å². The number of unbranched alkanes of at least 4 members (excludes halogenated alkanes) is 17. The highest BCUT2D eigenvalue weighted by atomic mass is 32.2. The van der Waals surface area contributed by atoms with E-state index in [1.54, 1.807) is 0 Å². The number of hydrogen-bond acceptors (Lipinski definition) is 1. The topological polar surface area (TPSA) is 0 Å². The zero-order valence-electron chi connectivity index (χ0n) is 17.1. The largest absolute Gasteiger partial charge is 0.157 e. The second-order valence-electron chi connectivity index (χ2n) is 7.48. The molecular formula is C23H47S. The van der Waals surface area contributed by atoms with Gasteiger partial charge in [-0.05, 0) is 18.6 Å². The average molecular weight is 356 g/mol. The Labute approximate surface area is 159 Å². The van der Waals surface area contributed by atoms with Crippen molar-refractivity contribution < 1.29 is 0 Å². The fraction of sp³-hybridized carbons (Fsp3) is 0.957. The summed E-state index contributed by atoms with van der Waals surface area (Å²) in [7, 11) is 0. The van der Waals surface area contributed by atoms with Gasteiger partial charge >= 0.3 is 0 Å². The van der Waals surface area contributed by atoms with Crippen LogP contribution < -0.4 is 0 Å². The Kier molecular flexibility index (Phi) is 23.7. The van der Waals surface area contributed by atoms with Crippen molar-refractivity contribution in [2.45, 2.75) is 136 Å². The Hall–Kier alpha value is 0.350. The van der Waals surface area contributed by atoms with Gasteiger partial charge in [-0.25, -0.2) is 0 Å². The molecule has 0 aromatic rings. The van der Waals surface area contributed by atoms with Gasteiger partial charge in [-0.2, -0.15) is 11.8 Å². The van der Waals surface area contributed by atoms with Gasteiger partial charge in [0.2, 0.25) is 0 Å². The van der Waals surface area contributed by atoms with Crippen LogP contribution in [-0.2, 0) is 0 Å². The van der Waals surface area contributed by atoms with Crippen LogP contribution in [0.25, 0.3) is 0 Å². The van der Waals surface area contributed by atoms with E-state index < -0.39 is 0 Å². The lowest BCUT2D eigenvalue weighted by Crippen LogP contribution is -1.84. The first-order valence-electron chi connectivity index (χ1n) is 11.3. The summed E-state index contributed by atoms with van der Waals surface area (Å²) in [6.45, 7) is 4.58. The molecule has 24 heavy (non-hydrogen) atoms. The van der Waals surface area contributed by atoms with Crippen LogP contribution in [0.15, 0.2) is 0 Å². The molecule has 0 aliphatic rings. The van der Waals surface area contributed by atoms with E-state index in [1.807, 2.05) is 0 Å². The Balaban J connectivity index is 2.93. The summed E-state index contributed by atoms with van der Waals surface area (Å²) in [6.07, 6.45) is 27.4. The zero-order chi connectivity index (χ0) is 17.6. The molecule has 0 aromatic heterocycles. The van der Waals surface area contributed by atoms with E-state index in [2.05, 4.69) is 31.4 Å². The first-order chi connectivity index (χ1) is 11.9. The molecule has 145 valence electrons. The molecule has 0 saturated heterocycles. The standard InChI is InChI=1S/C23H47S/c1-3-5-7-8-9-10-11-12-13-14-15-16-17-18-19-21-23-24-22-20-6-4-2/h23H,3-22H2,1-2H3. The lowest BCUT2D eigenvalue weighted by Gasteiger charge is -2.04. The third-order valence-corrected chi connectivity index (χ3v) is 5.90. The zero-order valence-corrected chi connectivity index (χ0v) is 17.9. The fourth-order valence-corrected chi connectivity index (χ4v) is 4.07. The first kappa shape index (κ1) is 24.4. The molecule has 0 unspecified atom stereocenters. The molecule has 1 heteroatoms. The SMILES string of the molecule is CCCCCCCCCCCCCCCCC[CH]SCCCCC. The number of rotatable bonds is 21. The Bertz CT molecular complexity index is 180. The van der Waals surface area contributed by atoms with Crippen molar-refractivity contribution in [3.63, 3.8) is 0 Å². The molecule has 0 atom stereocenters. The summed E-state index contributed by atoms with van der Waals surface area (Å²) in [5.41, 5.74) is 0. The maximum Gasteiger partial charge on any atom is 0.0166 e. The van der Waals surface area contributed by atoms with Crippen molar-refractivity contribution in [1.29, 1.82) is 0 Å². The Morgan fingerprint density at radius 2 is 0.833 bits per heavy atom. The third-order valence-electron chi connectivity index (χ3n) is 4.91. The molecule has 0 aliphatic carbocycles. The van der Waals surface area contributed by atoms with Crippen LogP contribution in [0.1, 0.15) is 136 Å². The normalized spacial score (nSPS) is 11.2. The maximum atomic E-state index is 2.46. The maximum absolute atomic E-state index is 2.46. The smallest absolute Gasteiger partial charge is 0.0166 e. The minimum absolute atomic E-state index is 1.33. The second-order valence-corrected chi connectivity index (χ2v) is 8.56. The van der Waals surface area contributed by atoms with E-state index >= 15 is 0 Å². The molecule has 0 rings (SSSR count). The molecule has 0 heterocycles. The van der Waals surface area contributed by atoms with Crippen molar-refractivity contribution in [2.24, 2.45) is 0 Å². The summed E-state index contributed by atoms with van der Waals surface area (Å²) < 4.78 is 0. The van der Waals surface area contributed by atoms with Crippen LogP contribution in [-0.4, -0.2) is 5.75 Å². The number of thioether (sulfide) groups is 1. The molecule has 0 aliphatic heterocycles. The van der Waals surface area contributed by atoms with Gasteiger partial charge in [0.05, 0.1) is 0 Å². The molecule has 0 saturated carbocycles. The summed E-state index contributed by atoms with van der Waals surface area (Å²) in [4.78, 5) is 0. The van der Waals surface area contributed by atoms with E-state index in [0.717, 1.165) is 0 Å². The number of hydrogen-bond donors (Lipinski definition) is 0. The quantitative estimate of drug-likeness (QED) is 0.185. The van der Waals surface area contributed by atoms with Gasteiger partial charge < -0.3 is 0 Å². The van der Waals surface area contributed by atoms with Crippen LogP contribution in [0, 0.1) is 5.75 Å². The highest BCUT2D eigenvalue weighted by molar-refractivity contribution is 8.01. The van der Waals surface area contributed by atoms with Gasteiger partial charge in [0.15, 0.2) is 0 Å². The van der Waals surface area contributed by atoms with Crippen molar-refractivity contribution in [3.05, 3.63) is 5.75 Å². The van der Waals surface area contributed by atoms with Crippen LogP contribution in [0.4, 0.5) is 0 Å². The molecular weight excluding hydrogens is 308 g/mol. The van der Waals surface area contributed by atoms with Crippen molar-refractivity contribution in [3.8, 4) is 0 Å². The van der Waals surface area contributed by atoms with Crippen LogP contribution in [0.3, 0.4) is 0 Å². The molecule has 1 radical (unpaired) electrons. The summed E-state index contributed by atoms with van der Waals surface area (Å²) >= 11 is 2.05. The van der Waals surface area contributed by atoms with E-state index in [1.165, 1.54) is 128 Å². The van der Waals surface area contributed by atoms with Gasteiger partial charge in [-0.1, -0.05) is 123 Å². The molecule has 0 fully saturated rings. The van der Waals surface area contributed by atoms with Crippen molar-refractivity contribution in [2.75, 3.05) is 5.75 Å². The Morgan fingerprint density at radius 3 is 1.29 bits per heavy atom. The van der Waals surface area contributed by atoms with Crippen LogP contribution >= 0.6 is 11.8 Å². The van der Waals surface area contributed by atoms with E-state index in [4.69, 9.17) is 0 Å². The van der Waals surface area contributed by atoms with Gasteiger partial charge in [0.25, 0.3) is 0 Å². The van der Waals surface area contributed by atoms with Crippen LogP contribution in [0.2, 0.25) is 0 Å². The highest BCUT2D eigenvalue weighted by Crippen LogP contribution is 2.17. The minimum Gasteiger partial charge on any atom is -0.157 e. The van der Waals surface area contributed by atoms with Crippen LogP contribution in [0.5, 0.6) is 0 Å². The van der Waals surface area contributed by atoms with Crippen molar-refractivity contribution >= 4 is 11.8 Å². The lowest BCUT2D eigenvalue weighted by molar-refractivity contribution is 0.532. The molecule has 0 nitrogen and oxygen atoms in total. The van der Waals surface area contributed by atoms with E-state index in [9.17, 15) is 0 Å². The molecule has 0 amide bonds. The molecule has 0 N–H and O–H groups in total. The first-order valence-corrected chi connectivity index (χ1v) is 12.4. The Morgan fingerprint density at radius 1 is 0.458 bits per heavy atom. The van der Waals surface area contributed by atoms with Gasteiger partial charge in [0.1, 0.15) is 0 Å². The van der Waals surface area contributed by atoms with Crippen molar-refractivity contribution in [1.82, 2.24) is 0 Å². The van der Waals surface area contributed by atoms with Gasteiger partial charge in [-0.3, -0.25) is 0 Å². The minimum atomic E-state index is 1.33. The molecule has 0 bridgehead atoms. The average Bonchev–Trinajstić information content (AvgIpc) is 2.60. The molecule has 0 spiro atoms. The summed E-state index contributed by atoms with van der Waals surface area (Å²) in [5.74, 6) is 3.80. The second kappa shape index (κ2) is 23.4. The predicted octanol–water partition coefficient (Wildman–Crippen LogP) is 9.33. The summed E-state index contributed by atoms with van der Waals surface area (Å²) in [6, 6.07) is 0. The summed E-state index contributed by atoms with van der Waals surface area (Å²) in [5, 5.41) is 0. The highest BCUT2D eigenvalue weighted by Gasteiger charge is 1.95. The molecule has 0 aromatic carbocycles.